The maximum atomic E-state index is 12.6. The van der Waals surface area contributed by atoms with Crippen molar-refractivity contribution in [3.8, 4) is 0 Å². The van der Waals surface area contributed by atoms with Crippen molar-refractivity contribution in [3.63, 3.8) is 0 Å². The topological polar surface area (TPSA) is 105 Å². The molecule has 9 heteroatoms. The fourth-order valence-electron chi connectivity index (χ4n) is 2.41. The van der Waals surface area contributed by atoms with Gasteiger partial charge in [0, 0.05) is 19.1 Å². The van der Waals surface area contributed by atoms with E-state index < -0.39 is 27.2 Å². The lowest BCUT2D eigenvalue weighted by Gasteiger charge is -2.28. The third-order valence-corrected chi connectivity index (χ3v) is 5.45. The molecule has 1 heterocycles. The zero-order valence-electron chi connectivity index (χ0n) is 14.9. The molecule has 0 radical (unpaired) electrons. The van der Waals surface area contributed by atoms with Crippen LogP contribution in [0.4, 0.5) is 0 Å². The molecule has 1 atom stereocenters. The van der Waals surface area contributed by atoms with Gasteiger partial charge in [0.1, 0.15) is 5.75 Å². The summed E-state index contributed by atoms with van der Waals surface area (Å²) >= 11 is 0. The fraction of sp³-hybridized carbons (Fsp3) is 0.800. The highest BCUT2D eigenvalue weighted by atomic mass is 32.2. The number of aromatic amines is 1. The lowest BCUT2D eigenvalue weighted by Crippen LogP contribution is -2.42. The second-order valence-corrected chi connectivity index (χ2v) is 7.80. The van der Waals surface area contributed by atoms with Crippen LogP contribution >= 0.6 is 0 Å². The molecule has 0 saturated heterocycles. The predicted octanol–water partition coefficient (Wildman–Crippen LogP) is 1.18. The number of H-pyrrole nitrogens is 1. The Labute approximate surface area is 143 Å². The first-order chi connectivity index (χ1) is 11.3. The SMILES string of the molecule is CCCCN(C(=O)CS(=O)(=O)c1n[nH]c(=O)n1CCC)[C@H](C)CC. The predicted molar refractivity (Wildman–Crippen MR) is 91.6 cm³/mol. The van der Waals surface area contributed by atoms with Crippen LogP contribution in [0.15, 0.2) is 9.95 Å². The van der Waals surface area contributed by atoms with Gasteiger partial charge in [-0.2, -0.15) is 0 Å². The van der Waals surface area contributed by atoms with Crippen LogP contribution in [-0.2, 0) is 21.2 Å². The zero-order chi connectivity index (χ0) is 18.3. The van der Waals surface area contributed by atoms with Gasteiger partial charge in [-0.05, 0) is 26.2 Å². The Balaban J connectivity index is 3.03. The van der Waals surface area contributed by atoms with Crippen molar-refractivity contribution in [3.05, 3.63) is 10.5 Å². The quantitative estimate of drug-likeness (QED) is 0.674. The molecule has 1 amide bonds. The van der Waals surface area contributed by atoms with Gasteiger partial charge in [-0.3, -0.25) is 9.36 Å². The molecule has 0 unspecified atom stereocenters. The number of hydrogen-bond acceptors (Lipinski definition) is 5. The number of carbonyl (C=O) groups is 1. The molecule has 1 aromatic rings. The summed E-state index contributed by atoms with van der Waals surface area (Å²) in [5.41, 5.74) is -0.576. The zero-order valence-corrected chi connectivity index (χ0v) is 15.7. The molecular weight excluding hydrogens is 332 g/mol. The van der Waals surface area contributed by atoms with Gasteiger partial charge in [0.15, 0.2) is 0 Å². The largest absolute Gasteiger partial charge is 0.344 e. The van der Waals surface area contributed by atoms with E-state index in [1.165, 1.54) is 0 Å². The Kier molecular flexibility index (Phi) is 7.65. The van der Waals surface area contributed by atoms with Gasteiger partial charge in [-0.25, -0.2) is 18.3 Å². The van der Waals surface area contributed by atoms with Crippen LogP contribution < -0.4 is 5.69 Å². The summed E-state index contributed by atoms with van der Waals surface area (Å²) in [5.74, 6) is -1.12. The minimum absolute atomic E-state index is 0.0312. The maximum absolute atomic E-state index is 12.6. The first kappa shape index (κ1) is 20.4. The van der Waals surface area contributed by atoms with Crippen molar-refractivity contribution in [2.75, 3.05) is 12.3 Å². The average molecular weight is 360 g/mol. The summed E-state index contributed by atoms with van der Waals surface area (Å²) < 4.78 is 26.2. The molecule has 0 aromatic carbocycles. The van der Waals surface area contributed by atoms with Gasteiger partial charge >= 0.3 is 5.69 Å². The second-order valence-electron chi connectivity index (χ2n) is 5.92. The number of amides is 1. The van der Waals surface area contributed by atoms with Gasteiger partial charge in [0.05, 0.1) is 0 Å². The van der Waals surface area contributed by atoms with Crippen molar-refractivity contribution in [1.82, 2.24) is 19.7 Å². The van der Waals surface area contributed by atoms with Crippen LogP contribution in [0.1, 0.15) is 53.4 Å². The average Bonchev–Trinajstić information content (AvgIpc) is 2.89. The molecule has 24 heavy (non-hydrogen) atoms. The van der Waals surface area contributed by atoms with Crippen molar-refractivity contribution in [2.24, 2.45) is 0 Å². The summed E-state index contributed by atoms with van der Waals surface area (Å²) in [6, 6.07) is -0.0312. The molecule has 0 spiro atoms. The molecule has 0 aliphatic carbocycles. The number of rotatable bonds is 10. The van der Waals surface area contributed by atoms with E-state index >= 15 is 0 Å². The molecule has 0 saturated carbocycles. The lowest BCUT2D eigenvalue weighted by atomic mass is 10.2. The first-order valence-corrected chi connectivity index (χ1v) is 10.1. The number of carbonyl (C=O) groups excluding carboxylic acids is 1. The molecule has 0 aliphatic heterocycles. The molecule has 8 nitrogen and oxygen atoms in total. The highest BCUT2D eigenvalue weighted by Gasteiger charge is 2.29. The van der Waals surface area contributed by atoms with Crippen LogP contribution in [0.25, 0.3) is 0 Å². The van der Waals surface area contributed by atoms with Crippen LogP contribution in [0.2, 0.25) is 0 Å². The number of nitrogens with zero attached hydrogens (tertiary/aromatic N) is 3. The summed E-state index contributed by atoms with van der Waals surface area (Å²) in [6.07, 6.45) is 3.07. The summed E-state index contributed by atoms with van der Waals surface area (Å²) in [4.78, 5) is 25.8. The van der Waals surface area contributed by atoms with E-state index in [1.807, 2.05) is 27.7 Å². The Hall–Kier alpha value is -1.64. The highest BCUT2D eigenvalue weighted by molar-refractivity contribution is 7.91. The number of nitrogens with one attached hydrogen (secondary N) is 1. The number of hydrogen-bond donors (Lipinski definition) is 1. The van der Waals surface area contributed by atoms with E-state index in [2.05, 4.69) is 10.2 Å². The Morgan fingerprint density at radius 1 is 1.29 bits per heavy atom. The molecule has 0 bridgehead atoms. The summed E-state index contributed by atoms with van der Waals surface area (Å²) in [5, 5.41) is 5.41. The maximum Gasteiger partial charge on any atom is 0.344 e. The van der Waals surface area contributed by atoms with Crippen LogP contribution in [0.5, 0.6) is 0 Å². The Morgan fingerprint density at radius 3 is 2.50 bits per heavy atom. The van der Waals surface area contributed by atoms with Crippen molar-refractivity contribution in [2.45, 2.75) is 71.1 Å². The number of aromatic nitrogens is 3. The number of sulfone groups is 1. The van der Waals surface area contributed by atoms with E-state index in [0.29, 0.717) is 13.0 Å². The van der Waals surface area contributed by atoms with Gasteiger partial charge in [0.25, 0.3) is 5.16 Å². The van der Waals surface area contributed by atoms with Crippen LogP contribution in [0.3, 0.4) is 0 Å². The molecule has 1 aromatic heterocycles. The van der Waals surface area contributed by atoms with Crippen molar-refractivity contribution < 1.29 is 13.2 Å². The molecule has 0 aliphatic rings. The molecule has 1 rings (SSSR count). The van der Waals surface area contributed by atoms with Gasteiger partial charge in [-0.1, -0.05) is 27.2 Å². The van der Waals surface area contributed by atoms with E-state index in [-0.39, 0.29) is 17.7 Å². The Morgan fingerprint density at radius 2 is 1.96 bits per heavy atom. The standard InChI is InChI=1S/C15H28N4O4S/c1-5-8-10-18(12(4)7-3)13(20)11-24(22,23)15-17-16-14(21)19(15)9-6-2/h12H,5-11H2,1-4H3,(H,16,21)/t12-/m1/s1. The highest BCUT2D eigenvalue weighted by Crippen LogP contribution is 2.11. The number of unbranched alkanes of at least 4 members (excludes halogenated alkanes) is 1. The van der Waals surface area contributed by atoms with Gasteiger partial charge in [0.2, 0.25) is 15.7 Å². The van der Waals surface area contributed by atoms with Gasteiger partial charge in [-0.15, -0.1) is 5.10 Å². The smallest absolute Gasteiger partial charge is 0.339 e. The summed E-state index contributed by atoms with van der Waals surface area (Å²) in [7, 11) is -3.97. The van der Waals surface area contributed by atoms with Crippen molar-refractivity contribution in [1.29, 1.82) is 0 Å². The van der Waals surface area contributed by atoms with E-state index in [4.69, 9.17) is 0 Å². The first-order valence-electron chi connectivity index (χ1n) is 8.45. The van der Waals surface area contributed by atoms with Gasteiger partial charge < -0.3 is 4.90 Å². The minimum atomic E-state index is -3.97. The van der Waals surface area contributed by atoms with E-state index in [0.717, 1.165) is 23.8 Å². The third kappa shape index (κ3) is 4.93. The summed E-state index contributed by atoms with van der Waals surface area (Å²) in [6.45, 7) is 8.48. The normalized spacial score (nSPS) is 13.0. The molecule has 0 fully saturated rings. The Bertz CT molecular complexity index is 693. The molecule has 138 valence electrons. The monoisotopic (exact) mass is 360 g/mol. The van der Waals surface area contributed by atoms with E-state index in [1.54, 1.807) is 4.90 Å². The lowest BCUT2D eigenvalue weighted by molar-refractivity contribution is -0.130. The third-order valence-electron chi connectivity index (χ3n) is 3.96. The molecular formula is C15H28N4O4S. The van der Waals surface area contributed by atoms with Crippen LogP contribution in [-0.4, -0.2) is 52.3 Å². The van der Waals surface area contributed by atoms with Crippen LogP contribution in [0, 0.1) is 0 Å². The second kappa shape index (κ2) is 9.00. The van der Waals surface area contributed by atoms with E-state index in [9.17, 15) is 18.0 Å². The minimum Gasteiger partial charge on any atom is -0.339 e. The van der Waals surface area contributed by atoms with Crippen molar-refractivity contribution >= 4 is 15.7 Å². The fourth-order valence-corrected chi connectivity index (χ4v) is 3.73. The molecule has 1 N–H and O–H groups in total.